The fraction of sp³-hybridized carbons (Fsp3) is 0.440. The van der Waals surface area contributed by atoms with E-state index in [1.54, 1.807) is 0 Å². The molecule has 5 heterocycles. The van der Waals surface area contributed by atoms with E-state index in [1.807, 2.05) is 24.7 Å². The van der Waals surface area contributed by atoms with Gasteiger partial charge in [-0.15, -0.1) is 0 Å². The Hall–Kier alpha value is -3.06. The lowest BCUT2D eigenvalue weighted by molar-refractivity contribution is 0.298. The zero-order chi connectivity index (χ0) is 21.7. The first-order valence-electron chi connectivity index (χ1n) is 11.8. The Labute approximate surface area is 187 Å². The molecule has 32 heavy (non-hydrogen) atoms. The molecular weight excluding hydrogens is 398 g/mol. The van der Waals surface area contributed by atoms with Crippen molar-refractivity contribution in [3.05, 3.63) is 48.0 Å². The molecule has 0 unspecified atom stereocenters. The first kappa shape index (κ1) is 19.6. The van der Waals surface area contributed by atoms with Crippen LogP contribution in [0.5, 0.6) is 0 Å². The van der Waals surface area contributed by atoms with Gasteiger partial charge in [0.15, 0.2) is 0 Å². The summed E-state index contributed by atoms with van der Waals surface area (Å²) in [6.07, 6.45) is 10.7. The highest BCUT2D eigenvalue weighted by atomic mass is 15.2. The van der Waals surface area contributed by atoms with Crippen molar-refractivity contribution in [3.63, 3.8) is 0 Å². The lowest BCUT2D eigenvalue weighted by Crippen LogP contribution is -2.27. The minimum Gasteiger partial charge on any atom is -0.321 e. The van der Waals surface area contributed by atoms with Crippen LogP contribution in [0, 0.1) is 5.92 Å². The van der Waals surface area contributed by atoms with E-state index < -0.39 is 0 Å². The molecule has 0 radical (unpaired) electrons. The van der Waals surface area contributed by atoms with Crippen molar-refractivity contribution in [1.29, 1.82) is 0 Å². The highest BCUT2D eigenvalue weighted by Gasteiger charge is 2.25. The molecule has 0 aromatic carbocycles. The number of aromatic nitrogens is 5. The van der Waals surface area contributed by atoms with Crippen molar-refractivity contribution in [2.24, 2.45) is 5.92 Å². The number of rotatable bonds is 3. The van der Waals surface area contributed by atoms with Gasteiger partial charge in [-0.25, -0.2) is 9.97 Å². The summed E-state index contributed by atoms with van der Waals surface area (Å²) in [5.74, 6) is 2.59. The third-order valence-corrected chi connectivity index (χ3v) is 7.18. The number of hydrogen-bond acceptors (Lipinski definition) is 6. The lowest BCUT2D eigenvalue weighted by atomic mass is 9.87. The van der Waals surface area contributed by atoms with Gasteiger partial charge in [0.25, 0.3) is 0 Å². The van der Waals surface area contributed by atoms with Gasteiger partial charge in [-0.2, -0.15) is 4.98 Å². The molecular formula is C25H29N7. The van der Waals surface area contributed by atoms with Crippen LogP contribution < -0.4 is 10.6 Å². The van der Waals surface area contributed by atoms with Gasteiger partial charge in [-0.05, 0) is 49.3 Å². The normalized spacial score (nSPS) is 23.4. The minimum absolute atomic E-state index is 0.396. The Bertz CT molecular complexity index is 1290. The molecule has 1 aliphatic heterocycles. The van der Waals surface area contributed by atoms with Gasteiger partial charge in [-0.1, -0.05) is 19.9 Å². The molecule has 1 atom stereocenters. The second kappa shape index (κ2) is 7.81. The van der Waals surface area contributed by atoms with Crippen LogP contribution in [0.25, 0.3) is 21.9 Å². The maximum absolute atomic E-state index is 4.99. The maximum atomic E-state index is 4.99. The topological polar surface area (TPSA) is 80.5 Å². The third kappa shape index (κ3) is 3.32. The van der Waals surface area contributed by atoms with Crippen molar-refractivity contribution in [2.75, 3.05) is 11.9 Å². The summed E-state index contributed by atoms with van der Waals surface area (Å²) < 4.78 is 2.41. The van der Waals surface area contributed by atoms with Crippen LogP contribution in [0.2, 0.25) is 0 Å². The van der Waals surface area contributed by atoms with E-state index in [0.717, 1.165) is 47.1 Å². The highest BCUT2D eigenvalue weighted by molar-refractivity contribution is 6.06. The molecule has 0 amide bonds. The van der Waals surface area contributed by atoms with Gasteiger partial charge in [-0.3, -0.25) is 4.98 Å². The van der Waals surface area contributed by atoms with Crippen molar-refractivity contribution in [1.82, 2.24) is 29.8 Å². The van der Waals surface area contributed by atoms with E-state index in [2.05, 4.69) is 51.1 Å². The summed E-state index contributed by atoms with van der Waals surface area (Å²) in [5.41, 5.74) is 4.57. The highest BCUT2D eigenvalue weighted by Crippen LogP contribution is 2.38. The fourth-order valence-corrected chi connectivity index (χ4v) is 5.38. The quantitative estimate of drug-likeness (QED) is 0.475. The third-order valence-electron chi connectivity index (χ3n) is 7.18. The summed E-state index contributed by atoms with van der Waals surface area (Å²) in [7, 11) is 0. The molecule has 7 nitrogen and oxygen atoms in total. The Balaban J connectivity index is 1.41. The largest absolute Gasteiger partial charge is 0.321 e. The molecule has 4 aromatic heterocycles. The smallest absolute Gasteiger partial charge is 0.230 e. The SMILES string of the molecule is CC1CCC(n2c3cnccc3c3cnc(Nc4ccc5c(n4)[C@@H](C)CNC5)nc32)CC1. The predicted molar refractivity (Wildman–Crippen MR) is 127 cm³/mol. The molecule has 0 bridgehead atoms. The van der Waals surface area contributed by atoms with E-state index in [1.165, 1.54) is 36.6 Å². The zero-order valence-corrected chi connectivity index (χ0v) is 18.7. The van der Waals surface area contributed by atoms with Crippen LogP contribution in [0.1, 0.15) is 62.7 Å². The van der Waals surface area contributed by atoms with Gasteiger partial charge < -0.3 is 15.2 Å². The maximum Gasteiger partial charge on any atom is 0.230 e. The van der Waals surface area contributed by atoms with Crippen molar-refractivity contribution in [3.8, 4) is 0 Å². The van der Waals surface area contributed by atoms with E-state index in [9.17, 15) is 0 Å². The molecule has 0 saturated heterocycles. The Morgan fingerprint density at radius 3 is 2.75 bits per heavy atom. The monoisotopic (exact) mass is 427 g/mol. The fourth-order valence-electron chi connectivity index (χ4n) is 5.38. The second-order valence-corrected chi connectivity index (χ2v) is 9.51. The van der Waals surface area contributed by atoms with Crippen LogP contribution in [0.4, 0.5) is 11.8 Å². The summed E-state index contributed by atoms with van der Waals surface area (Å²) >= 11 is 0. The first-order chi connectivity index (χ1) is 15.7. The summed E-state index contributed by atoms with van der Waals surface area (Å²) in [6, 6.07) is 6.70. The molecule has 1 saturated carbocycles. The van der Waals surface area contributed by atoms with Crippen LogP contribution in [-0.4, -0.2) is 31.0 Å². The lowest BCUT2D eigenvalue weighted by Gasteiger charge is -2.28. The Morgan fingerprint density at radius 2 is 1.88 bits per heavy atom. The molecule has 0 spiro atoms. The molecule has 2 N–H and O–H groups in total. The van der Waals surface area contributed by atoms with Gasteiger partial charge >= 0.3 is 0 Å². The van der Waals surface area contributed by atoms with Gasteiger partial charge in [0.05, 0.1) is 17.4 Å². The number of nitrogens with zero attached hydrogens (tertiary/aromatic N) is 5. The number of fused-ring (bicyclic) bond motifs is 4. The number of pyridine rings is 2. The number of nitrogens with one attached hydrogen (secondary N) is 2. The van der Waals surface area contributed by atoms with Crippen molar-refractivity contribution in [2.45, 2.75) is 58.0 Å². The zero-order valence-electron chi connectivity index (χ0n) is 18.7. The minimum atomic E-state index is 0.396. The first-order valence-corrected chi connectivity index (χ1v) is 11.8. The van der Waals surface area contributed by atoms with E-state index >= 15 is 0 Å². The predicted octanol–water partition coefficient (Wildman–Crippen LogP) is 5.08. The molecule has 2 aliphatic rings. The molecule has 6 rings (SSSR count). The van der Waals surface area contributed by atoms with Crippen LogP contribution in [-0.2, 0) is 6.54 Å². The Morgan fingerprint density at radius 1 is 1.00 bits per heavy atom. The second-order valence-electron chi connectivity index (χ2n) is 9.51. The summed E-state index contributed by atoms with van der Waals surface area (Å²) in [5, 5.41) is 9.07. The van der Waals surface area contributed by atoms with Crippen LogP contribution >= 0.6 is 0 Å². The van der Waals surface area contributed by atoms with Crippen molar-refractivity contribution >= 4 is 33.7 Å². The van der Waals surface area contributed by atoms with Gasteiger partial charge in [0.1, 0.15) is 11.5 Å². The molecule has 7 heteroatoms. The van der Waals surface area contributed by atoms with E-state index in [0.29, 0.717) is 17.9 Å². The van der Waals surface area contributed by atoms with Gasteiger partial charge in [0, 0.05) is 48.2 Å². The average Bonchev–Trinajstić information content (AvgIpc) is 3.14. The molecule has 1 fully saturated rings. The number of anilines is 2. The average molecular weight is 428 g/mol. The molecule has 1 aliphatic carbocycles. The van der Waals surface area contributed by atoms with E-state index in [4.69, 9.17) is 9.97 Å². The summed E-state index contributed by atoms with van der Waals surface area (Å²) in [4.78, 5) is 18.9. The van der Waals surface area contributed by atoms with Crippen LogP contribution in [0.15, 0.2) is 36.8 Å². The molecule has 164 valence electrons. The summed E-state index contributed by atoms with van der Waals surface area (Å²) in [6.45, 7) is 6.40. The van der Waals surface area contributed by atoms with Crippen molar-refractivity contribution < 1.29 is 0 Å². The van der Waals surface area contributed by atoms with Crippen LogP contribution in [0.3, 0.4) is 0 Å². The molecule has 4 aromatic rings. The Kier molecular flexibility index (Phi) is 4.79. The van der Waals surface area contributed by atoms with Gasteiger partial charge in [0.2, 0.25) is 5.95 Å². The van der Waals surface area contributed by atoms with E-state index in [-0.39, 0.29) is 0 Å². The standard InChI is InChI=1S/C25H29N7/c1-15-3-6-18(7-4-15)32-21-14-26-10-9-19(21)20-13-28-25(31-24(20)32)30-22-8-5-17-12-27-11-16(2)23(17)29-22/h5,8-10,13-16,18,27H,3-4,6-7,11-12H2,1-2H3,(H,28,29,30,31)/t15?,16-,18?/m0/s1. The number of hydrogen-bond donors (Lipinski definition) is 2.